The summed E-state index contributed by atoms with van der Waals surface area (Å²) in [7, 11) is 0. The van der Waals surface area contributed by atoms with Gasteiger partial charge in [-0.1, -0.05) is 12.1 Å². The minimum atomic E-state index is 0.453. The molecule has 15 heavy (non-hydrogen) atoms. The van der Waals surface area contributed by atoms with E-state index in [1.165, 1.54) is 19.3 Å². The topological polar surface area (TPSA) is 46.3 Å². The quantitative estimate of drug-likeness (QED) is 0.713. The number of anilines is 1. The molecule has 0 aromatic carbocycles. The second kappa shape index (κ2) is 4.47. The molecule has 4 nitrogen and oxygen atoms in total. The predicted molar refractivity (Wildman–Crippen MR) is 57.3 cm³/mol. The molecule has 0 saturated carbocycles. The van der Waals surface area contributed by atoms with Gasteiger partial charge in [0.2, 0.25) is 0 Å². The van der Waals surface area contributed by atoms with E-state index in [4.69, 9.17) is 4.52 Å². The molecule has 82 valence electrons. The summed E-state index contributed by atoms with van der Waals surface area (Å²) in [6, 6.07) is 0. The van der Waals surface area contributed by atoms with Gasteiger partial charge < -0.3 is 9.42 Å². The van der Waals surface area contributed by atoms with Crippen molar-refractivity contribution in [3.63, 3.8) is 0 Å². The Labute approximate surface area is 89.2 Å². The van der Waals surface area contributed by atoms with Gasteiger partial charge in [-0.15, -0.1) is 0 Å². The average molecular weight is 208 g/mol. The van der Waals surface area contributed by atoms with Crippen LogP contribution < -0.4 is 4.90 Å². The fourth-order valence-electron chi connectivity index (χ4n) is 2.10. The lowest BCUT2D eigenvalue weighted by Gasteiger charge is -2.28. The van der Waals surface area contributed by atoms with Crippen molar-refractivity contribution in [2.45, 2.75) is 32.6 Å². The SMILES string of the molecule is CCc1onc(C=O)c1N1CCCCC1. The number of hydrogen-bond donors (Lipinski definition) is 0. The Morgan fingerprint density at radius 3 is 2.73 bits per heavy atom. The van der Waals surface area contributed by atoms with Crippen molar-refractivity contribution in [3.8, 4) is 0 Å². The van der Waals surface area contributed by atoms with Crippen molar-refractivity contribution >= 4 is 12.0 Å². The number of aromatic nitrogens is 1. The van der Waals surface area contributed by atoms with Crippen LogP contribution in [0.1, 0.15) is 42.4 Å². The predicted octanol–water partition coefficient (Wildman–Crippen LogP) is 2.04. The summed E-state index contributed by atoms with van der Waals surface area (Å²) in [6.45, 7) is 4.03. The molecule has 1 fully saturated rings. The Balaban J connectivity index is 2.30. The fourth-order valence-corrected chi connectivity index (χ4v) is 2.10. The van der Waals surface area contributed by atoms with E-state index < -0.39 is 0 Å². The first-order chi connectivity index (χ1) is 7.36. The summed E-state index contributed by atoms with van der Waals surface area (Å²) in [4.78, 5) is 13.1. The molecule has 1 aromatic rings. The lowest BCUT2D eigenvalue weighted by molar-refractivity contribution is 0.111. The molecule has 0 N–H and O–H groups in total. The van der Waals surface area contributed by atoms with Crippen LogP contribution >= 0.6 is 0 Å². The van der Waals surface area contributed by atoms with Crippen LogP contribution in [0.25, 0.3) is 0 Å². The third-order valence-electron chi connectivity index (χ3n) is 2.87. The molecule has 1 aromatic heterocycles. The number of rotatable bonds is 3. The summed E-state index contributed by atoms with van der Waals surface area (Å²) in [5, 5.41) is 3.80. The van der Waals surface area contributed by atoms with E-state index >= 15 is 0 Å². The maximum absolute atomic E-state index is 10.9. The van der Waals surface area contributed by atoms with Gasteiger partial charge >= 0.3 is 0 Å². The molecule has 1 aliphatic heterocycles. The van der Waals surface area contributed by atoms with Crippen molar-refractivity contribution < 1.29 is 9.32 Å². The molecule has 4 heteroatoms. The zero-order valence-corrected chi connectivity index (χ0v) is 9.03. The van der Waals surface area contributed by atoms with E-state index in [-0.39, 0.29) is 0 Å². The molecule has 0 bridgehead atoms. The van der Waals surface area contributed by atoms with E-state index in [2.05, 4.69) is 10.1 Å². The highest BCUT2D eigenvalue weighted by molar-refractivity contribution is 5.82. The minimum Gasteiger partial charge on any atom is -0.367 e. The Kier molecular flexibility index (Phi) is 3.04. The fraction of sp³-hybridized carbons (Fsp3) is 0.636. The Bertz CT molecular complexity index is 340. The maximum atomic E-state index is 10.9. The molecule has 1 aliphatic rings. The van der Waals surface area contributed by atoms with Gasteiger partial charge in [0.25, 0.3) is 0 Å². The molecular weight excluding hydrogens is 192 g/mol. The zero-order valence-electron chi connectivity index (χ0n) is 9.03. The molecule has 0 spiro atoms. The normalized spacial score (nSPS) is 16.7. The third-order valence-corrected chi connectivity index (χ3v) is 2.87. The van der Waals surface area contributed by atoms with Crippen LogP contribution in [0.3, 0.4) is 0 Å². The lowest BCUT2D eigenvalue weighted by atomic mass is 10.1. The summed E-state index contributed by atoms with van der Waals surface area (Å²) in [5.74, 6) is 0.832. The molecule has 0 aliphatic carbocycles. The monoisotopic (exact) mass is 208 g/mol. The molecule has 2 rings (SSSR count). The molecule has 0 amide bonds. The summed E-state index contributed by atoms with van der Waals surface area (Å²) in [6.07, 6.45) is 5.22. The molecule has 0 unspecified atom stereocenters. The minimum absolute atomic E-state index is 0.453. The van der Waals surface area contributed by atoms with Crippen molar-refractivity contribution in [2.75, 3.05) is 18.0 Å². The van der Waals surface area contributed by atoms with Crippen molar-refractivity contribution in [1.29, 1.82) is 0 Å². The van der Waals surface area contributed by atoms with Crippen LogP contribution in [0.5, 0.6) is 0 Å². The van der Waals surface area contributed by atoms with Crippen molar-refractivity contribution in [3.05, 3.63) is 11.5 Å². The Morgan fingerprint density at radius 2 is 2.13 bits per heavy atom. The van der Waals surface area contributed by atoms with E-state index in [1.54, 1.807) is 0 Å². The smallest absolute Gasteiger partial charge is 0.174 e. The van der Waals surface area contributed by atoms with Crippen molar-refractivity contribution in [1.82, 2.24) is 5.16 Å². The highest BCUT2D eigenvalue weighted by atomic mass is 16.5. The standard InChI is InChI=1S/C11H16N2O2/c1-2-10-11(9(8-14)12-15-10)13-6-4-3-5-7-13/h8H,2-7H2,1H3. The zero-order chi connectivity index (χ0) is 10.7. The van der Waals surface area contributed by atoms with Gasteiger partial charge in [0.15, 0.2) is 17.7 Å². The van der Waals surface area contributed by atoms with Crippen LogP contribution in [0, 0.1) is 0 Å². The van der Waals surface area contributed by atoms with Crippen molar-refractivity contribution in [2.24, 2.45) is 0 Å². The summed E-state index contributed by atoms with van der Waals surface area (Å²) in [5.41, 5.74) is 1.38. The summed E-state index contributed by atoms with van der Waals surface area (Å²) >= 11 is 0. The van der Waals surface area contributed by atoms with Crippen LogP contribution in [0.15, 0.2) is 4.52 Å². The molecule has 1 saturated heterocycles. The van der Waals surface area contributed by atoms with E-state index in [0.29, 0.717) is 5.69 Å². The number of nitrogens with zero attached hydrogens (tertiary/aromatic N) is 2. The molecule has 0 atom stereocenters. The van der Waals surface area contributed by atoms with Crippen LogP contribution in [-0.2, 0) is 6.42 Å². The number of aldehydes is 1. The van der Waals surface area contributed by atoms with Gasteiger partial charge in [-0.05, 0) is 19.3 Å². The number of hydrogen-bond acceptors (Lipinski definition) is 4. The van der Waals surface area contributed by atoms with E-state index in [9.17, 15) is 4.79 Å². The van der Waals surface area contributed by atoms with Crippen LogP contribution in [0.4, 0.5) is 5.69 Å². The van der Waals surface area contributed by atoms with Gasteiger partial charge in [-0.2, -0.15) is 0 Å². The second-order valence-corrected chi connectivity index (χ2v) is 3.86. The van der Waals surface area contributed by atoms with Gasteiger partial charge in [0.05, 0.1) is 0 Å². The van der Waals surface area contributed by atoms with E-state index in [1.807, 2.05) is 6.92 Å². The molecular formula is C11H16N2O2. The van der Waals surface area contributed by atoms with Gasteiger partial charge in [-0.3, -0.25) is 4.79 Å². The highest BCUT2D eigenvalue weighted by Gasteiger charge is 2.21. The lowest BCUT2D eigenvalue weighted by Crippen LogP contribution is -2.30. The highest BCUT2D eigenvalue weighted by Crippen LogP contribution is 2.27. The number of aryl methyl sites for hydroxylation is 1. The number of carbonyl (C=O) groups excluding carboxylic acids is 1. The third kappa shape index (κ3) is 1.89. The van der Waals surface area contributed by atoms with Gasteiger partial charge in [0.1, 0.15) is 5.69 Å². The summed E-state index contributed by atoms with van der Waals surface area (Å²) < 4.78 is 5.17. The Morgan fingerprint density at radius 1 is 1.40 bits per heavy atom. The van der Waals surface area contributed by atoms with Crippen LogP contribution in [-0.4, -0.2) is 24.5 Å². The van der Waals surface area contributed by atoms with E-state index in [0.717, 1.165) is 37.2 Å². The average Bonchev–Trinajstić information content (AvgIpc) is 2.72. The van der Waals surface area contributed by atoms with Crippen LogP contribution in [0.2, 0.25) is 0 Å². The second-order valence-electron chi connectivity index (χ2n) is 3.86. The molecule has 0 radical (unpaired) electrons. The Hall–Kier alpha value is -1.32. The molecule has 2 heterocycles. The largest absolute Gasteiger partial charge is 0.367 e. The van der Waals surface area contributed by atoms with Gasteiger partial charge in [-0.25, -0.2) is 0 Å². The first kappa shape index (κ1) is 10.2. The first-order valence-corrected chi connectivity index (χ1v) is 5.55. The first-order valence-electron chi connectivity index (χ1n) is 5.55. The maximum Gasteiger partial charge on any atom is 0.174 e. The number of carbonyl (C=O) groups is 1. The number of piperidine rings is 1. The van der Waals surface area contributed by atoms with Gasteiger partial charge in [0, 0.05) is 19.5 Å².